The number of carbonyl (C=O) groups is 2. The van der Waals surface area contributed by atoms with Gasteiger partial charge in [-0.3, -0.25) is 4.79 Å². The first kappa shape index (κ1) is 13.8. The van der Waals surface area contributed by atoms with Crippen LogP contribution in [0.4, 0.5) is 5.69 Å². The predicted octanol–water partition coefficient (Wildman–Crippen LogP) is 1.97. The Bertz CT molecular complexity index is 519. The van der Waals surface area contributed by atoms with E-state index in [0.717, 1.165) is 13.0 Å². The summed E-state index contributed by atoms with van der Waals surface area (Å²) in [6, 6.07) is 4.42. The van der Waals surface area contributed by atoms with Gasteiger partial charge >= 0.3 is 5.97 Å². The molecule has 3 N–H and O–H groups in total. The highest BCUT2D eigenvalue weighted by molar-refractivity contribution is 6.31. The number of halogens is 1. The van der Waals surface area contributed by atoms with Crippen LogP contribution in [0.2, 0.25) is 5.02 Å². The van der Waals surface area contributed by atoms with Crippen molar-refractivity contribution in [2.24, 2.45) is 5.92 Å². The van der Waals surface area contributed by atoms with E-state index in [1.807, 2.05) is 6.92 Å². The monoisotopic (exact) mass is 282 g/mol. The SMILES string of the molecule is CC1NCCC1C(=O)Nc1cc(Cl)ccc1C(=O)O. The first-order valence-corrected chi connectivity index (χ1v) is 6.44. The molecule has 6 heteroatoms. The maximum atomic E-state index is 12.1. The summed E-state index contributed by atoms with van der Waals surface area (Å²) in [4.78, 5) is 23.2. The Morgan fingerprint density at radius 3 is 2.79 bits per heavy atom. The fourth-order valence-corrected chi connectivity index (χ4v) is 2.42. The van der Waals surface area contributed by atoms with Gasteiger partial charge in [0.15, 0.2) is 0 Å². The Balaban J connectivity index is 2.20. The van der Waals surface area contributed by atoms with Crippen molar-refractivity contribution in [3.05, 3.63) is 28.8 Å². The summed E-state index contributed by atoms with van der Waals surface area (Å²) in [7, 11) is 0. The Hall–Kier alpha value is -1.59. The molecule has 1 aliphatic rings. The Kier molecular flexibility index (Phi) is 4.07. The quantitative estimate of drug-likeness (QED) is 0.792. The molecule has 1 amide bonds. The number of benzene rings is 1. The normalized spacial score (nSPS) is 22.2. The van der Waals surface area contributed by atoms with Crippen molar-refractivity contribution in [1.29, 1.82) is 0 Å². The van der Waals surface area contributed by atoms with Crippen molar-refractivity contribution in [2.45, 2.75) is 19.4 Å². The molecule has 1 aromatic carbocycles. The van der Waals surface area contributed by atoms with E-state index < -0.39 is 5.97 Å². The molecule has 1 fully saturated rings. The smallest absolute Gasteiger partial charge is 0.337 e. The van der Waals surface area contributed by atoms with Crippen molar-refractivity contribution in [2.75, 3.05) is 11.9 Å². The molecule has 2 unspecified atom stereocenters. The molecule has 0 spiro atoms. The first-order chi connectivity index (χ1) is 8.99. The Morgan fingerprint density at radius 1 is 1.47 bits per heavy atom. The second-order valence-electron chi connectivity index (χ2n) is 4.62. The number of carboxylic acid groups (broad SMARTS) is 1. The van der Waals surface area contributed by atoms with Crippen LogP contribution in [-0.4, -0.2) is 29.6 Å². The van der Waals surface area contributed by atoms with Gasteiger partial charge in [-0.25, -0.2) is 4.79 Å². The molecular weight excluding hydrogens is 268 g/mol. The van der Waals surface area contributed by atoms with E-state index in [4.69, 9.17) is 16.7 Å². The number of carboxylic acids is 1. The number of nitrogens with one attached hydrogen (secondary N) is 2. The fourth-order valence-electron chi connectivity index (χ4n) is 2.25. The average molecular weight is 283 g/mol. The molecule has 0 saturated carbocycles. The van der Waals surface area contributed by atoms with Crippen molar-refractivity contribution in [3.8, 4) is 0 Å². The van der Waals surface area contributed by atoms with Crippen LogP contribution in [-0.2, 0) is 4.79 Å². The molecule has 5 nitrogen and oxygen atoms in total. The molecule has 0 aliphatic carbocycles. The lowest BCUT2D eigenvalue weighted by Crippen LogP contribution is -2.32. The Labute approximate surface area is 116 Å². The Morgan fingerprint density at radius 2 is 2.21 bits per heavy atom. The van der Waals surface area contributed by atoms with Gasteiger partial charge in [0.2, 0.25) is 5.91 Å². The number of carbonyl (C=O) groups excluding carboxylic acids is 1. The lowest BCUT2D eigenvalue weighted by molar-refractivity contribution is -0.120. The molecule has 102 valence electrons. The molecule has 19 heavy (non-hydrogen) atoms. The summed E-state index contributed by atoms with van der Waals surface area (Å²) in [6.07, 6.45) is 0.746. The van der Waals surface area contributed by atoms with Crippen molar-refractivity contribution in [3.63, 3.8) is 0 Å². The minimum Gasteiger partial charge on any atom is -0.478 e. The van der Waals surface area contributed by atoms with Gasteiger partial charge in [-0.1, -0.05) is 11.6 Å². The topological polar surface area (TPSA) is 78.4 Å². The standard InChI is InChI=1S/C13H15ClN2O3/c1-7-9(4-5-15-7)12(17)16-11-6-8(14)2-3-10(11)13(18)19/h2-3,6-7,9,15H,4-5H2,1H3,(H,16,17)(H,18,19). The zero-order valence-electron chi connectivity index (χ0n) is 10.4. The molecule has 1 saturated heterocycles. The minimum absolute atomic E-state index is 0.0383. The van der Waals surface area contributed by atoms with E-state index in [1.165, 1.54) is 18.2 Å². The van der Waals surface area contributed by atoms with Gasteiger partial charge in [0.25, 0.3) is 0 Å². The summed E-state index contributed by atoms with van der Waals surface area (Å²) in [5, 5.41) is 15.3. The third-order valence-corrected chi connectivity index (χ3v) is 3.57. The van der Waals surface area contributed by atoms with Crippen LogP contribution in [0.15, 0.2) is 18.2 Å². The predicted molar refractivity (Wildman–Crippen MR) is 72.6 cm³/mol. The van der Waals surface area contributed by atoms with E-state index in [9.17, 15) is 9.59 Å². The average Bonchev–Trinajstić information content (AvgIpc) is 2.75. The highest BCUT2D eigenvalue weighted by atomic mass is 35.5. The molecular formula is C13H15ClN2O3. The van der Waals surface area contributed by atoms with Gasteiger partial charge in [-0.05, 0) is 38.1 Å². The lowest BCUT2D eigenvalue weighted by atomic mass is 10.0. The number of hydrogen-bond acceptors (Lipinski definition) is 3. The van der Waals surface area contributed by atoms with Crippen LogP contribution in [0, 0.1) is 5.92 Å². The zero-order chi connectivity index (χ0) is 14.0. The maximum absolute atomic E-state index is 12.1. The van der Waals surface area contributed by atoms with Gasteiger partial charge in [-0.15, -0.1) is 0 Å². The van der Waals surface area contributed by atoms with Gasteiger partial charge in [-0.2, -0.15) is 0 Å². The first-order valence-electron chi connectivity index (χ1n) is 6.06. The van der Waals surface area contributed by atoms with E-state index in [1.54, 1.807) is 0 Å². The van der Waals surface area contributed by atoms with Gasteiger partial charge < -0.3 is 15.7 Å². The fraction of sp³-hybridized carbons (Fsp3) is 0.385. The van der Waals surface area contributed by atoms with Crippen LogP contribution in [0.25, 0.3) is 0 Å². The van der Waals surface area contributed by atoms with Crippen LogP contribution in [0.5, 0.6) is 0 Å². The highest BCUT2D eigenvalue weighted by Crippen LogP contribution is 2.23. The molecule has 0 bridgehead atoms. The second-order valence-corrected chi connectivity index (χ2v) is 5.06. The van der Waals surface area contributed by atoms with E-state index >= 15 is 0 Å². The second kappa shape index (κ2) is 5.59. The molecule has 2 atom stereocenters. The van der Waals surface area contributed by atoms with Crippen LogP contribution >= 0.6 is 11.6 Å². The molecule has 1 aromatic rings. The number of amides is 1. The van der Waals surface area contributed by atoms with Crippen LogP contribution < -0.4 is 10.6 Å². The largest absolute Gasteiger partial charge is 0.478 e. The number of hydrogen-bond donors (Lipinski definition) is 3. The van der Waals surface area contributed by atoms with Crippen molar-refractivity contribution < 1.29 is 14.7 Å². The summed E-state index contributed by atoms with van der Waals surface area (Å²) >= 11 is 5.84. The van der Waals surface area contributed by atoms with Crippen molar-refractivity contribution >= 4 is 29.2 Å². The maximum Gasteiger partial charge on any atom is 0.337 e. The summed E-state index contributed by atoms with van der Waals surface area (Å²) in [5.74, 6) is -1.42. The highest BCUT2D eigenvalue weighted by Gasteiger charge is 2.30. The number of anilines is 1. The molecule has 0 radical (unpaired) electrons. The van der Waals surface area contributed by atoms with E-state index in [0.29, 0.717) is 5.02 Å². The van der Waals surface area contributed by atoms with E-state index in [2.05, 4.69) is 10.6 Å². The summed E-state index contributed by atoms with van der Waals surface area (Å²) in [6.45, 7) is 2.73. The van der Waals surface area contributed by atoms with E-state index in [-0.39, 0.29) is 29.1 Å². The molecule has 1 aliphatic heterocycles. The van der Waals surface area contributed by atoms with Gasteiger partial charge in [0.1, 0.15) is 0 Å². The lowest BCUT2D eigenvalue weighted by Gasteiger charge is -2.16. The van der Waals surface area contributed by atoms with Crippen LogP contribution in [0.1, 0.15) is 23.7 Å². The third kappa shape index (κ3) is 3.05. The summed E-state index contributed by atoms with van der Waals surface area (Å²) in [5.41, 5.74) is 0.278. The zero-order valence-corrected chi connectivity index (χ0v) is 11.2. The van der Waals surface area contributed by atoms with Crippen LogP contribution in [0.3, 0.4) is 0 Å². The molecule has 0 aromatic heterocycles. The van der Waals surface area contributed by atoms with Gasteiger partial charge in [0.05, 0.1) is 17.2 Å². The van der Waals surface area contributed by atoms with Crippen molar-refractivity contribution in [1.82, 2.24) is 5.32 Å². The number of rotatable bonds is 3. The third-order valence-electron chi connectivity index (χ3n) is 3.33. The molecule has 2 rings (SSSR count). The van der Waals surface area contributed by atoms with Gasteiger partial charge in [0, 0.05) is 11.1 Å². The minimum atomic E-state index is -1.09. The number of aromatic carboxylic acids is 1. The summed E-state index contributed by atoms with van der Waals surface area (Å²) < 4.78 is 0. The molecule has 1 heterocycles.